The second-order valence-electron chi connectivity index (χ2n) is 5.22. The van der Waals surface area contributed by atoms with Gasteiger partial charge in [0.2, 0.25) is 0 Å². The molecule has 1 fully saturated rings. The van der Waals surface area contributed by atoms with Crippen LogP contribution < -0.4 is 4.90 Å². The zero-order valence-electron chi connectivity index (χ0n) is 11.8. The molecule has 3 heterocycles. The topological polar surface area (TPSA) is 32.3 Å². The third-order valence-corrected chi connectivity index (χ3v) is 4.46. The number of alkyl halides is 1. The Morgan fingerprint density at radius 3 is 2.95 bits per heavy atom. The molecule has 1 aliphatic rings. The summed E-state index contributed by atoms with van der Waals surface area (Å²) in [5.74, 6) is 0.702. The number of hydrogen-bond donors (Lipinski definition) is 0. The Morgan fingerprint density at radius 2 is 2.10 bits per heavy atom. The highest BCUT2D eigenvalue weighted by Gasteiger charge is 2.17. The number of fused-ring (bicyclic) bond motifs is 1. The minimum Gasteiger partial charge on any atom is -0.368 e. The van der Waals surface area contributed by atoms with Gasteiger partial charge in [-0.05, 0) is 41.0 Å². The molecule has 0 radical (unpaired) electrons. The molecule has 4 nitrogen and oxygen atoms in total. The molecule has 1 saturated heterocycles. The van der Waals surface area contributed by atoms with E-state index in [1.165, 1.54) is 5.69 Å². The van der Waals surface area contributed by atoms with E-state index >= 15 is 0 Å². The summed E-state index contributed by atoms with van der Waals surface area (Å²) in [6, 6.07) is 4.09. The second kappa shape index (κ2) is 6.90. The van der Waals surface area contributed by atoms with E-state index in [9.17, 15) is 0 Å². The van der Waals surface area contributed by atoms with Gasteiger partial charge in [-0.1, -0.05) is 0 Å². The van der Waals surface area contributed by atoms with Crippen LogP contribution >= 0.6 is 27.5 Å². The zero-order valence-corrected chi connectivity index (χ0v) is 14.1. The van der Waals surface area contributed by atoms with E-state index in [4.69, 9.17) is 11.6 Å². The molecule has 21 heavy (non-hydrogen) atoms. The number of nitrogens with zero attached hydrogens (tertiary/aromatic N) is 4. The maximum atomic E-state index is 5.86. The van der Waals surface area contributed by atoms with Gasteiger partial charge in [0.05, 0.1) is 11.2 Å². The van der Waals surface area contributed by atoms with Gasteiger partial charge in [0, 0.05) is 48.9 Å². The second-order valence-corrected chi connectivity index (χ2v) is 6.52. The van der Waals surface area contributed by atoms with Crippen LogP contribution in [-0.4, -0.2) is 53.5 Å². The smallest absolute Gasteiger partial charge is 0.112 e. The fourth-order valence-electron chi connectivity index (χ4n) is 2.80. The van der Waals surface area contributed by atoms with Crippen molar-refractivity contribution in [1.82, 2.24) is 14.9 Å². The number of rotatable bonds is 3. The van der Waals surface area contributed by atoms with E-state index in [1.807, 2.05) is 18.5 Å². The minimum atomic E-state index is 0.702. The zero-order chi connectivity index (χ0) is 14.7. The summed E-state index contributed by atoms with van der Waals surface area (Å²) in [7, 11) is 0. The molecule has 1 aliphatic heterocycles. The first-order chi connectivity index (χ1) is 10.3. The largest absolute Gasteiger partial charge is 0.368 e. The van der Waals surface area contributed by atoms with E-state index in [0.29, 0.717) is 5.88 Å². The van der Waals surface area contributed by atoms with Gasteiger partial charge in [-0.15, -0.1) is 11.6 Å². The molecular formula is C15H18BrClN4. The number of hydrogen-bond acceptors (Lipinski definition) is 4. The standard InChI is InChI=1S/C15H18BrClN4/c16-12-10-13-15(19-11-12)14(2-4-18-13)21-6-1-5-20(7-3-17)8-9-21/h2,4,10-11H,1,3,5-9H2. The lowest BCUT2D eigenvalue weighted by Crippen LogP contribution is -2.32. The molecule has 3 rings (SSSR count). The third kappa shape index (κ3) is 3.47. The molecule has 2 aromatic heterocycles. The van der Waals surface area contributed by atoms with Gasteiger partial charge in [-0.2, -0.15) is 0 Å². The molecule has 6 heteroatoms. The Labute approximate surface area is 138 Å². The summed E-state index contributed by atoms with van der Waals surface area (Å²) in [5.41, 5.74) is 3.09. The minimum absolute atomic E-state index is 0.702. The predicted molar refractivity (Wildman–Crippen MR) is 91.2 cm³/mol. The molecule has 0 atom stereocenters. The maximum absolute atomic E-state index is 5.86. The van der Waals surface area contributed by atoms with Crippen LogP contribution in [-0.2, 0) is 0 Å². The first-order valence-electron chi connectivity index (χ1n) is 7.21. The molecule has 0 saturated carbocycles. The van der Waals surface area contributed by atoms with Gasteiger partial charge in [0.15, 0.2) is 0 Å². The Hall–Kier alpha value is -0.910. The quantitative estimate of drug-likeness (QED) is 0.778. The Bertz CT molecular complexity index is 622. The van der Waals surface area contributed by atoms with Crippen molar-refractivity contribution in [2.75, 3.05) is 43.5 Å². The Kier molecular flexibility index (Phi) is 4.93. The van der Waals surface area contributed by atoms with E-state index < -0.39 is 0 Å². The molecular weight excluding hydrogens is 352 g/mol. The van der Waals surface area contributed by atoms with Crippen molar-refractivity contribution >= 4 is 44.3 Å². The highest BCUT2D eigenvalue weighted by molar-refractivity contribution is 9.10. The van der Waals surface area contributed by atoms with Crippen LogP contribution in [0.25, 0.3) is 11.0 Å². The molecule has 0 aliphatic carbocycles. The molecule has 0 unspecified atom stereocenters. The van der Waals surface area contributed by atoms with E-state index in [2.05, 4.69) is 41.8 Å². The monoisotopic (exact) mass is 368 g/mol. The first-order valence-corrected chi connectivity index (χ1v) is 8.54. The van der Waals surface area contributed by atoms with Crippen LogP contribution in [0.15, 0.2) is 29.0 Å². The van der Waals surface area contributed by atoms with E-state index in [0.717, 1.165) is 54.7 Å². The van der Waals surface area contributed by atoms with Crippen LogP contribution in [0.2, 0.25) is 0 Å². The van der Waals surface area contributed by atoms with Gasteiger partial charge >= 0.3 is 0 Å². The Balaban J connectivity index is 1.86. The predicted octanol–water partition coefficient (Wildman–Crippen LogP) is 3.14. The molecule has 0 N–H and O–H groups in total. The van der Waals surface area contributed by atoms with Gasteiger partial charge in [-0.3, -0.25) is 9.97 Å². The first kappa shape index (κ1) is 15.0. The van der Waals surface area contributed by atoms with Crippen molar-refractivity contribution in [3.05, 3.63) is 29.0 Å². The van der Waals surface area contributed by atoms with Crippen molar-refractivity contribution in [3.63, 3.8) is 0 Å². The molecule has 0 spiro atoms. The average Bonchev–Trinajstić information content (AvgIpc) is 2.72. The van der Waals surface area contributed by atoms with E-state index in [-0.39, 0.29) is 0 Å². The van der Waals surface area contributed by atoms with Crippen molar-refractivity contribution in [3.8, 4) is 0 Å². The summed E-state index contributed by atoms with van der Waals surface area (Å²) in [6.07, 6.45) is 4.86. The lowest BCUT2D eigenvalue weighted by Gasteiger charge is -2.24. The highest BCUT2D eigenvalue weighted by atomic mass is 79.9. The lowest BCUT2D eigenvalue weighted by atomic mass is 10.2. The summed E-state index contributed by atoms with van der Waals surface area (Å²) in [5, 5.41) is 0. The van der Waals surface area contributed by atoms with Crippen molar-refractivity contribution in [1.29, 1.82) is 0 Å². The number of pyridine rings is 2. The lowest BCUT2D eigenvalue weighted by molar-refractivity contribution is 0.311. The summed E-state index contributed by atoms with van der Waals surface area (Å²) in [4.78, 5) is 13.8. The summed E-state index contributed by atoms with van der Waals surface area (Å²) < 4.78 is 0.962. The SMILES string of the molecule is ClCCN1CCCN(c2ccnc3cc(Br)cnc23)CC1. The Morgan fingerprint density at radius 1 is 1.19 bits per heavy atom. The van der Waals surface area contributed by atoms with Gasteiger partial charge in [0.25, 0.3) is 0 Å². The van der Waals surface area contributed by atoms with Crippen molar-refractivity contribution in [2.24, 2.45) is 0 Å². The molecule has 0 bridgehead atoms. The maximum Gasteiger partial charge on any atom is 0.112 e. The number of halogens is 2. The van der Waals surface area contributed by atoms with Crippen LogP contribution in [0, 0.1) is 0 Å². The van der Waals surface area contributed by atoms with Crippen LogP contribution in [0.5, 0.6) is 0 Å². The van der Waals surface area contributed by atoms with Crippen LogP contribution in [0.4, 0.5) is 5.69 Å². The van der Waals surface area contributed by atoms with Gasteiger partial charge < -0.3 is 9.80 Å². The fraction of sp³-hybridized carbons (Fsp3) is 0.467. The number of anilines is 1. The normalized spacial score (nSPS) is 17.1. The average molecular weight is 370 g/mol. The fourth-order valence-corrected chi connectivity index (χ4v) is 3.36. The highest BCUT2D eigenvalue weighted by Crippen LogP contribution is 2.26. The van der Waals surface area contributed by atoms with Crippen LogP contribution in [0.1, 0.15) is 6.42 Å². The molecule has 112 valence electrons. The molecule has 0 amide bonds. The number of aromatic nitrogens is 2. The summed E-state index contributed by atoms with van der Waals surface area (Å²) in [6.45, 7) is 5.19. The van der Waals surface area contributed by atoms with Crippen LogP contribution in [0.3, 0.4) is 0 Å². The third-order valence-electron chi connectivity index (χ3n) is 3.85. The molecule has 2 aromatic rings. The van der Waals surface area contributed by atoms with Gasteiger partial charge in [0.1, 0.15) is 5.52 Å². The van der Waals surface area contributed by atoms with Crippen molar-refractivity contribution < 1.29 is 0 Å². The molecule has 0 aromatic carbocycles. The van der Waals surface area contributed by atoms with E-state index in [1.54, 1.807) is 0 Å². The van der Waals surface area contributed by atoms with Gasteiger partial charge in [-0.25, -0.2) is 0 Å². The van der Waals surface area contributed by atoms with Crippen molar-refractivity contribution in [2.45, 2.75) is 6.42 Å². The summed E-state index contributed by atoms with van der Waals surface area (Å²) >= 11 is 9.31.